The average molecular weight is 476 g/mol. The summed E-state index contributed by atoms with van der Waals surface area (Å²) < 4.78 is 72.6. The molecule has 0 aliphatic carbocycles. The van der Waals surface area contributed by atoms with Crippen LogP contribution in [0.15, 0.2) is 47.5 Å². The lowest BCUT2D eigenvalue weighted by Gasteiger charge is -2.18. The molecule has 1 aromatic heterocycles. The van der Waals surface area contributed by atoms with E-state index in [1.165, 1.54) is 31.5 Å². The minimum Gasteiger partial charge on any atom is -0.495 e. The van der Waals surface area contributed by atoms with E-state index in [2.05, 4.69) is 9.71 Å². The lowest BCUT2D eigenvalue weighted by atomic mass is 9.99. The Bertz CT molecular complexity index is 1360. The molecule has 8 nitrogen and oxygen atoms in total. The van der Waals surface area contributed by atoms with E-state index in [-0.39, 0.29) is 30.0 Å². The van der Waals surface area contributed by atoms with Crippen molar-refractivity contribution in [2.45, 2.75) is 11.3 Å². The summed E-state index contributed by atoms with van der Waals surface area (Å²) in [4.78, 5) is 15.6. The van der Waals surface area contributed by atoms with Crippen LogP contribution in [0.2, 0.25) is 0 Å². The van der Waals surface area contributed by atoms with Gasteiger partial charge in [0.15, 0.2) is 11.6 Å². The standard InChI is InChI=1S/C22H18F2N2O6S/c1-30-18-4-3-12-8-17(18)26-33(28,29)19-9-14(7-16(23)21(19)31-2)22(27)32-6-5-13-10-20(24)25-11-15(12)13/h3-4,7-11,26H,5-6H2,1-2H3. The third kappa shape index (κ3) is 4.31. The molecule has 0 fully saturated rings. The third-order valence-corrected chi connectivity index (χ3v) is 6.43. The third-order valence-electron chi connectivity index (χ3n) is 5.05. The Balaban J connectivity index is 1.96. The van der Waals surface area contributed by atoms with Crippen molar-refractivity contribution in [3.8, 4) is 22.6 Å². The Hall–Kier alpha value is -3.73. The van der Waals surface area contributed by atoms with Gasteiger partial charge in [-0.25, -0.2) is 22.6 Å². The van der Waals surface area contributed by atoms with Crippen LogP contribution in [-0.4, -0.2) is 40.2 Å². The number of pyridine rings is 1. The zero-order valence-electron chi connectivity index (χ0n) is 17.5. The summed E-state index contributed by atoms with van der Waals surface area (Å²) >= 11 is 0. The van der Waals surface area contributed by atoms with E-state index in [1.807, 2.05) is 0 Å². The maximum absolute atomic E-state index is 14.6. The van der Waals surface area contributed by atoms with Gasteiger partial charge in [0.1, 0.15) is 10.6 Å². The Morgan fingerprint density at radius 1 is 1.06 bits per heavy atom. The van der Waals surface area contributed by atoms with Gasteiger partial charge >= 0.3 is 5.97 Å². The highest BCUT2D eigenvalue weighted by Crippen LogP contribution is 2.36. The number of cyclic esters (lactones) is 1. The van der Waals surface area contributed by atoms with E-state index in [4.69, 9.17) is 14.2 Å². The molecular weight excluding hydrogens is 458 g/mol. The Labute approximate surface area is 188 Å². The smallest absolute Gasteiger partial charge is 0.338 e. The van der Waals surface area contributed by atoms with Crippen molar-refractivity contribution in [2.75, 3.05) is 25.5 Å². The summed E-state index contributed by atoms with van der Waals surface area (Å²) in [5.41, 5.74) is 1.21. The van der Waals surface area contributed by atoms with Crippen molar-refractivity contribution < 1.29 is 36.2 Å². The fraction of sp³-hybridized carbons (Fsp3) is 0.182. The fourth-order valence-electron chi connectivity index (χ4n) is 3.51. The molecule has 1 N–H and O–H groups in total. The largest absolute Gasteiger partial charge is 0.495 e. The number of anilines is 1. The number of esters is 1. The van der Waals surface area contributed by atoms with Gasteiger partial charge < -0.3 is 14.2 Å². The van der Waals surface area contributed by atoms with E-state index >= 15 is 0 Å². The molecule has 4 rings (SSSR count). The first-order valence-electron chi connectivity index (χ1n) is 9.64. The summed E-state index contributed by atoms with van der Waals surface area (Å²) in [6, 6.07) is 7.65. The number of hydrogen-bond donors (Lipinski definition) is 1. The molecule has 2 heterocycles. The number of benzene rings is 2. The van der Waals surface area contributed by atoms with Crippen LogP contribution in [0.4, 0.5) is 14.5 Å². The summed E-state index contributed by atoms with van der Waals surface area (Å²) in [6.45, 7) is -0.160. The normalized spacial score (nSPS) is 14.8. The molecule has 1 aliphatic rings. The van der Waals surface area contributed by atoms with Crippen molar-refractivity contribution >= 4 is 21.7 Å². The number of nitrogens with one attached hydrogen (secondary N) is 1. The first-order valence-corrected chi connectivity index (χ1v) is 11.1. The second-order valence-electron chi connectivity index (χ2n) is 7.06. The van der Waals surface area contributed by atoms with E-state index < -0.39 is 38.4 Å². The number of hydrogen-bond acceptors (Lipinski definition) is 7. The van der Waals surface area contributed by atoms with E-state index in [0.29, 0.717) is 16.7 Å². The topological polar surface area (TPSA) is 104 Å². The van der Waals surface area contributed by atoms with Crippen molar-refractivity contribution in [1.82, 2.24) is 4.98 Å². The van der Waals surface area contributed by atoms with Crippen molar-refractivity contribution in [1.29, 1.82) is 0 Å². The predicted octanol–water partition coefficient (Wildman–Crippen LogP) is 3.56. The number of nitrogens with zero attached hydrogens (tertiary/aromatic N) is 1. The molecule has 33 heavy (non-hydrogen) atoms. The monoisotopic (exact) mass is 476 g/mol. The molecule has 172 valence electrons. The molecule has 0 amide bonds. The molecule has 0 saturated heterocycles. The van der Waals surface area contributed by atoms with Gasteiger partial charge in [0.25, 0.3) is 10.0 Å². The highest BCUT2D eigenvalue weighted by atomic mass is 32.2. The summed E-state index contributed by atoms with van der Waals surface area (Å²) in [5, 5.41) is 0. The van der Waals surface area contributed by atoms with Gasteiger partial charge in [-0.2, -0.15) is 4.39 Å². The van der Waals surface area contributed by atoms with E-state index in [1.54, 1.807) is 6.07 Å². The van der Waals surface area contributed by atoms with Crippen LogP contribution < -0.4 is 14.2 Å². The minimum absolute atomic E-state index is 0.0396. The molecule has 0 atom stereocenters. The van der Waals surface area contributed by atoms with Crippen LogP contribution in [0.25, 0.3) is 11.1 Å². The number of sulfonamides is 1. The molecule has 0 spiro atoms. The number of rotatable bonds is 2. The van der Waals surface area contributed by atoms with Gasteiger partial charge in [-0.1, -0.05) is 6.07 Å². The van der Waals surface area contributed by atoms with Gasteiger partial charge in [0, 0.05) is 18.2 Å². The van der Waals surface area contributed by atoms with Crippen LogP contribution in [0.1, 0.15) is 15.9 Å². The van der Waals surface area contributed by atoms with Crippen LogP contribution in [0.3, 0.4) is 0 Å². The first-order chi connectivity index (χ1) is 15.7. The maximum Gasteiger partial charge on any atom is 0.338 e. The average Bonchev–Trinajstić information content (AvgIpc) is 2.77. The quantitative estimate of drug-likeness (QED) is 0.446. The van der Waals surface area contributed by atoms with Crippen molar-refractivity contribution in [3.05, 3.63) is 65.5 Å². The predicted molar refractivity (Wildman–Crippen MR) is 114 cm³/mol. The highest BCUT2D eigenvalue weighted by molar-refractivity contribution is 7.92. The zero-order valence-corrected chi connectivity index (χ0v) is 18.3. The number of ether oxygens (including phenoxy) is 3. The van der Waals surface area contributed by atoms with Crippen molar-refractivity contribution in [3.63, 3.8) is 0 Å². The number of methoxy groups -OCH3 is 2. The summed E-state index contributed by atoms with van der Waals surface area (Å²) in [5.74, 6) is -3.11. The molecule has 3 aromatic rings. The first kappa shape index (κ1) is 22.5. The summed E-state index contributed by atoms with van der Waals surface area (Å²) in [6.07, 6.45) is 1.44. The number of aromatic nitrogens is 1. The Morgan fingerprint density at radius 2 is 1.85 bits per heavy atom. The number of carbonyl (C=O) groups excluding carboxylic acids is 1. The highest BCUT2D eigenvalue weighted by Gasteiger charge is 2.27. The molecule has 0 unspecified atom stereocenters. The second-order valence-corrected chi connectivity index (χ2v) is 8.71. The molecule has 4 bridgehead atoms. The number of fused-ring (bicyclic) bond motifs is 6. The van der Waals surface area contributed by atoms with Gasteiger partial charge in [-0.15, -0.1) is 0 Å². The lowest BCUT2D eigenvalue weighted by molar-refractivity contribution is 0.0508. The summed E-state index contributed by atoms with van der Waals surface area (Å²) in [7, 11) is -1.99. The maximum atomic E-state index is 14.6. The number of halogens is 2. The van der Waals surface area contributed by atoms with Crippen LogP contribution in [-0.2, 0) is 21.2 Å². The van der Waals surface area contributed by atoms with Gasteiger partial charge in [0.05, 0.1) is 32.1 Å². The van der Waals surface area contributed by atoms with Crippen LogP contribution >= 0.6 is 0 Å². The second kappa shape index (κ2) is 8.66. The Kier molecular flexibility index (Phi) is 5.90. The molecule has 2 aromatic carbocycles. The van der Waals surface area contributed by atoms with Crippen molar-refractivity contribution in [2.24, 2.45) is 0 Å². The molecule has 11 heteroatoms. The van der Waals surface area contributed by atoms with Gasteiger partial charge in [-0.05, 0) is 41.5 Å². The SMILES string of the molecule is COc1ccc2cc1NS(=O)(=O)c1cc(cc(F)c1OC)C(=O)OCCc1cc(F)ncc1-2. The van der Waals surface area contributed by atoms with E-state index in [0.717, 1.165) is 19.2 Å². The van der Waals surface area contributed by atoms with Gasteiger partial charge in [-0.3, -0.25) is 4.72 Å². The minimum atomic E-state index is -4.45. The van der Waals surface area contributed by atoms with E-state index in [9.17, 15) is 22.0 Å². The van der Waals surface area contributed by atoms with Crippen LogP contribution in [0.5, 0.6) is 11.5 Å². The zero-order chi connectivity index (χ0) is 23.8. The molecule has 0 radical (unpaired) electrons. The molecular formula is C22H18F2N2O6S. The fourth-order valence-corrected chi connectivity index (χ4v) is 4.78. The van der Waals surface area contributed by atoms with Gasteiger partial charge in [0.2, 0.25) is 5.95 Å². The Morgan fingerprint density at radius 3 is 2.58 bits per heavy atom. The number of carbonyl (C=O) groups is 1. The van der Waals surface area contributed by atoms with Crippen LogP contribution in [0, 0.1) is 11.8 Å². The lowest BCUT2D eigenvalue weighted by Crippen LogP contribution is -2.17. The molecule has 0 saturated carbocycles. The molecule has 1 aliphatic heterocycles.